The Morgan fingerprint density at radius 2 is 1.67 bits per heavy atom. The molecular weight excluding hydrogens is 448 g/mol. The first-order chi connectivity index (χ1) is 17.4. The van der Waals surface area contributed by atoms with Crippen molar-refractivity contribution in [2.75, 3.05) is 0 Å². The maximum Gasteiger partial charge on any atom is 0.282 e. The summed E-state index contributed by atoms with van der Waals surface area (Å²) in [5.41, 5.74) is 3.28. The molecule has 3 aromatic carbocycles. The van der Waals surface area contributed by atoms with Gasteiger partial charge in [0.15, 0.2) is 5.76 Å². The smallest absolute Gasteiger partial charge is 0.282 e. The average molecular weight is 475 g/mol. The van der Waals surface area contributed by atoms with Gasteiger partial charge in [0.1, 0.15) is 5.58 Å². The van der Waals surface area contributed by atoms with Gasteiger partial charge in [0, 0.05) is 34.6 Å². The molecule has 6 heteroatoms. The highest BCUT2D eigenvalue weighted by Crippen LogP contribution is 2.28. The van der Waals surface area contributed by atoms with Crippen molar-refractivity contribution in [3.63, 3.8) is 0 Å². The van der Waals surface area contributed by atoms with Gasteiger partial charge in [-0.25, -0.2) is 4.98 Å². The van der Waals surface area contributed by atoms with E-state index in [1.54, 1.807) is 12.3 Å². The number of benzene rings is 3. The molecule has 0 unspecified atom stereocenters. The molecule has 0 saturated carbocycles. The van der Waals surface area contributed by atoms with E-state index in [2.05, 4.69) is 48.8 Å². The molecule has 0 bridgehead atoms. The van der Waals surface area contributed by atoms with Gasteiger partial charge in [0.05, 0.1) is 17.1 Å². The molecule has 6 nitrogen and oxygen atoms in total. The minimum Gasteiger partial charge on any atom is -0.453 e. The van der Waals surface area contributed by atoms with Crippen LogP contribution in [0.15, 0.2) is 99.4 Å². The Bertz CT molecular complexity index is 1800. The molecule has 3 aromatic heterocycles. The first-order valence-corrected chi connectivity index (χ1v) is 12.0. The Labute approximate surface area is 208 Å². The first kappa shape index (κ1) is 22.0. The fraction of sp³-hybridized carbons (Fsp3) is 0.167. The van der Waals surface area contributed by atoms with Crippen molar-refractivity contribution in [2.45, 2.75) is 27.3 Å². The lowest BCUT2D eigenvalue weighted by Crippen LogP contribution is -2.20. The van der Waals surface area contributed by atoms with E-state index in [1.807, 2.05) is 60.7 Å². The van der Waals surface area contributed by atoms with Crippen LogP contribution in [0.5, 0.6) is 0 Å². The topological polar surface area (TPSA) is 65.3 Å². The van der Waals surface area contributed by atoms with E-state index < -0.39 is 0 Å². The number of hydrogen-bond donors (Lipinski definition) is 0. The average Bonchev–Trinajstić information content (AvgIpc) is 3.44. The molecule has 0 fully saturated rings. The SMILES string of the molecule is CC(C)(C)Cn1cc(C=Nn2c(-c3cc4ccccc4o3)nc3ccccc3c2=O)c2ccccc21. The maximum absolute atomic E-state index is 13.6. The summed E-state index contributed by atoms with van der Waals surface area (Å²) < 4.78 is 9.67. The van der Waals surface area contributed by atoms with Crippen molar-refractivity contribution in [3.8, 4) is 11.6 Å². The highest BCUT2D eigenvalue weighted by molar-refractivity contribution is 5.99. The monoisotopic (exact) mass is 474 g/mol. The highest BCUT2D eigenvalue weighted by Gasteiger charge is 2.17. The Kier molecular flexibility index (Phi) is 5.11. The molecule has 0 amide bonds. The Balaban J connectivity index is 1.54. The van der Waals surface area contributed by atoms with Crippen LogP contribution in [0.25, 0.3) is 44.4 Å². The molecule has 0 spiro atoms. The Morgan fingerprint density at radius 1 is 0.944 bits per heavy atom. The molecule has 178 valence electrons. The summed E-state index contributed by atoms with van der Waals surface area (Å²) in [6.07, 6.45) is 3.84. The van der Waals surface area contributed by atoms with E-state index in [4.69, 9.17) is 9.40 Å². The number of para-hydroxylation sites is 3. The van der Waals surface area contributed by atoms with Gasteiger partial charge in [0.2, 0.25) is 5.82 Å². The zero-order valence-corrected chi connectivity index (χ0v) is 20.5. The molecular formula is C30H26N4O2. The van der Waals surface area contributed by atoms with Crippen LogP contribution in [0, 0.1) is 5.41 Å². The lowest BCUT2D eigenvalue weighted by atomic mass is 9.97. The lowest BCUT2D eigenvalue weighted by molar-refractivity contribution is 0.349. The van der Waals surface area contributed by atoms with Gasteiger partial charge >= 0.3 is 0 Å². The van der Waals surface area contributed by atoms with Crippen LogP contribution in [0.1, 0.15) is 26.3 Å². The summed E-state index contributed by atoms with van der Waals surface area (Å²) in [6.45, 7) is 7.52. The molecule has 6 aromatic rings. The Morgan fingerprint density at radius 3 is 2.47 bits per heavy atom. The molecule has 0 radical (unpaired) electrons. The van der Waals surface area contributed by atoms with Gasteiger partial charge in [-0.15, -0.1) is 0 Å². The number of hydrogen-bond acceptors (Lipinski definition) is 4. The summed E-state index contributed by atoms with van der Waals surface area (Å²) in [5.74, 6) is 0.857. The molecule has 36 heavy (non-hydrogen) atoms. The third kappa shape index (κ3) is 3.90. The van der Waals surface area contributed by atoms with Gasteiger partial charge in [-0.2, -0.15) is 9.78 Å². The number of aromatic nitrogens is 3. The maximum atomic E-state index is 13.6. The van der Waals surface area contributed by atoms with E-state index in [1.165, 1.54) is 4.68 Å². The fourth-order valence-electron chi connectivity index (χ4n) is 4.62. The summed E-state index contributed by atoms with van der Waals surface area (Å²) in [5, 5.41) is 7.20. The van der Waals surface area contributed by atoms with Crippen LogP contribution < -0.4 is 5.56 Å². The normalized spacial score (nSPS) is 12.4. The van der Waals surface area contributed by atoms with E-state index in [0.717, 1.165) is 34.0 Å². The van der Waals surface area contributed by atoms with Crippen LogP contribution in [-0.2, 0) is 6.54 Å². The minimum absolute atomic E-state index is 0.115. The summed E-state index contributed by atoms with van der Waals surface area (Å²) in [4.78, 5) is 18.4. The van der Waals surface area contributed by atoms with Crippen LogP contribution in [0.2, 0.25) is 0 Å². The van der Waals surface area contributed by atoms with E-state index in [0.29, 0.717) is 22.5 Å². The standard InChI is InChI=1S/C30H26N4O2/c1-30(2,3)19-33-18-21(22-11-6-8-14-25(22)33)17-31-34-28(27-16-20-10-4-9-15-26(20)36-27)32-24-13-7-5-12-23(24)29(34)35/h4-18H,19H2,1-3H3. The van der Waals surface area contributed by atoms with Crippen molar-refractivity contribution < 1.29 is 4.42 Å². The zero-order chi connectivity index (χ0) is 24.9. The molecule has 0 saturated heterocycles. The first-order valence-electron chi connectivity index (χ1n) is 12.0. The van der Waals surface area contributed by atoms with E-state index >= 15 is 0 Å². The number of furan rings is 1. The minimum atomic E-state index is -0.245. The molecule has 6 rings (SSSR count). The molecule has 0 aliphatic carbocycles. The number of rotatable bonds is 4. The molecule has 0 N–H and O–H groups in total. The van der Waals surface area contributed by atoms with E-state index in [-0.39, 0.29) is 11.0 Å². The summed E-state index contributed by atoms with van der Waals surface area (Å²) in [7, 11) is 0. The summed E-state index contributed by atoms with van der Waals surface area (Å²) in [6, 6.07) is 25.2. The van der Waals surface area contributed by atoms with Crippen molar-refractivity contribution in [1.29, 1.82) is 0 Å². The van der Waals surface area contributed by atoms with Crippen LogP contribution in [-0.4, -0.2) is 20.4 Å². The number of nitrogens with zero attached hydrogens (tertiary/aromatic N) is 4. The van der Waals surface area contributed by atoms with Crippen molar-refractivity contribution in [2.24, 2.45) is 10.5 Å². The second-order valence-corrected chi connectivity index (χ2v) is 10.3. The Hall–Kier alpha value is -4.45. The van der Waals surface area contributed by atoms with Crippen molar-refractivity contribution in [1.82, 2.24) is 14.2 Å². The van der Waals surface area contributed by atoms with Gasteiger partial charge in [-0.1, -0.05) is 69.3 Å². The fourth-order valence-corrected chi connectivity index (χ4v) is 4.62. The highest BCUT2D eigenvalue weighted by atomic mass is 16.3. The second kappa shape index (κ2) is 8.34. The lowest BCUT2D eigenvalue weighted by Gasteiger charge is -2.19. The zero-order valence-electron chi connectivity index (χ0n) is 20.5. The van der Waals surface area contributed by atoms with E-state index in [9.17, 15) is 4.79 Å². The van der Waals surface area contributed by atoms with Gasteiger partial charge < -0.3 is 8.98 Å². The summed E-state index contributed by atoms with van der Waals surface area (Å²) >= 11 is 0. The molecule has 0 aliphatic heterocycles. The molecule has 3 heterocycles. The predicted octanol–water partition coefficient (Wildman–Crippen LogP) is 6.69. The number of fused-ring (bicyclic) bond motifs is 3. The predicted molar refractivity (Wildman–Crippen MR) is 146 cm³/mol. The quantitative estimate of drug-likeness (QED) is 0.267. The van der Waals surface area contributed by atoms with Crippen LogP contribution in [0.4, 0.5) is 0 Å². The third-order valence-electron chi connectivity index (χ3n) is 6.18. The van der Waals surface area contributed by atoms with Gasteiger partial charge in [-0.3, -0.25) is 4.79 Å². The third-order valence-corrected chi connectivity index (χ3v) is 6.18. The van der Waals surface area contributed by atoms with Crippen LogP contribution in [0.3, 0.4) is 0 Å². The van der Waals surface area contributed by atoms with Crippen LogP contribution >= 0.6 is 0 Å². The second-order valence-electron chi connectivity index (χ2n) is 10.3. The largest absolute Gasteiger partial charge is 0.453 e. The van der Waals surface area contributed by atoms with Crippen molar-refractivity contribution >= 4 is 39.0 Å². The molecule has 0 aliphatic rings. The van der Waals surface area contributed by atoms with Gasteiger partial charge in [-0.05, 0) is 35.7 Å². The van der Waals surface area contributed by atoms with Crippen molar-refractivity contribution in [3.05, 3.63) is 101 Å². The van der Waals surface area contributed by atoms with Gasteiger partial charge in [0.25, 0.3) is 5.56 Å². The molecule has 0 atom stereocenters.